The van der Waals surface area contributed by atoms with Crippen molar-refractivity contribution in [3.8, 4) is 5.75 Å². The van der Waals surface area contributed by atoms with Gasteiger partial charge in [0, 0.05) is 38.3 Å². The maximum atomic E-state index is 12.8. The van der Waals surface area contributed by atoms with Gasteiger partial charge in [0.2, 0.25) is 5.91 Å². The van der Waals surface area contributed by atoms with Crippen LogP contribution in [0.3, 0.4) is 0 Å². The normalized spacial score (nSPS) is 19.2. The molecule has 1 atom stereocenters. The Morgan fingerprint density at radius 1 is 1.25 bits per heavy atom. The first kappa shape index (κ1) is 20.5. The summed E-state index contributed by atoms with van der Waals surface area (Å²) in [4.78, 5) is 31.3. The molecular formula is C21H31N3O4. The van der Waals surface area contributed by atoms with E-state index in [1.54, 1.807) is 0 Å². The molecular weight excluding hydrogens is 358 g/mol. The fraction of sp³-hybridized carbons (Fsp3) is 0.619. The fourth-order valence-electron chi connectivity index (χ4n) is 3.84. The van der Waals surface area contributed by atoms with Gasteiger partial charge in [0.25, 0.3) is 5.91 Å². The highest BCUT2D eigenvalue weighted by atomic mass is 16.5. The minimum absolute atomic E-state index is 0.00895. The number of likely N-dealkylation sites (N-methyl/N-ethyl adjacent to an activating group) is 1. The molecule has 0 spiro atoms. The van der Waals surface area contributed by atoms with Crippen molar-refractivity contribution in [2.75, 3.05) is 51.4 Å². The summed E-state index contributed by atoms with van der Waals surface area (Å²) in [7, 11) is 1.97. The number of ether oxygens (including phenoxy) is 2. The second-order valence-corrected chi connectivity index (χ2v) is 7.64. The summed E-state index contributed by atoms with van der Waals surface area (Å²) < 4.78 is 11.2. The van der Waals surface area contributed by atoms with Crippen LogP contribution in [0.2, 0.25) is 0 Å². The number of rotatable bonds is 5. The summed E-state index contributed by atoms with van der Waals surface area (Å²) in [6, 6.07) is 5.67. The molecule has 0 aliphatic carbocycles. The van der Waals surface area contributed by atoms with E-state index in [1.807, 2.05) is 55.8 Å². The maximum Gasteiger partial charge on any atom is 0.254 e. The van der Waals surface area contributed by atoms with Gasteiger partial charge >= 0.3 is 0 Å². The van der Waals surface area contributed by atoms with Crippen LogP contribution in [0.15, 0.2) is 18.2 Å². The van der Waals surface area contributed by atoms with E-state index >= 15 is 0 Å². The Balaban J connectivity index is 1.74. The summed E-state index contributed by atoms with van der Waals surface area (Å²) in [6.45, 7) is 9.59. The van der Waals surface area contributed by atoms with Crippen LogP contribution < -0.4 is 9.64 Å². The van der Waals surface area contributed by atoms with Crippen molar-refractivity contribution in [2.24, 2.45) is 0 Å². The molecule has 0 radical (unpaired) electrons. The predicted octanol–water partition coefficient (Wildman–Crippen LogP) is 2.00. The van der Waals surface area contributed by atoms with Crippen molar-refractivity contribution in [2.45, 2.75) is 39.3 Å². The highest BCUT2D eigenvalue weighted by Gasteiger charge is 2.30. The predicted molar refractivity (Wildman–Crippen MR) is 108 cm³/mol. The molecule has 0 bridgehead atoms. The van der Waals surface area contributed by atoms with Gasteiger partial charge in [0.15, 0.2) is 0 Å². The SMILES string of the molecule is CCN(C(=O)CC1COc2ccc(C(=O)N3CCOCC3)cc2N1C)C(C)C. The van der Waals surface area contributed by atoms with Gasteiger partial charge in [-0.15, -0.1) is 0 Å². The van der Waals surface area contributed by atoms with Crippen molar-refractivity contribution in [1.29, 1.82) is 0 Å². The lowest BCUT2D eigenvalue weighted by atomic mass is 10.1. The van der Waals surface area contributed by atoms with Gasteiger partial charge in [-0.3, -0.25) is 9.59 Å². The second kappa shape index (κ2) is 8.82. The standard InChI is InChI=1S/C21H31N3O4/c1-5-24(15(2)3)20(25)13-17-14-28-19-7-6-16(12-18(19)22(17)4)21(26)23-8-10-27-11-9-23/h6-7,12,15,17H,5,8-11,13-14H2,1-4H3. The van der Waals surface area contributed by atoms with Crippen molar-refractivity contribution < 1.29 is 19.1 Å². The Kier molecular flexibility index (Phi) is 6.44. The Hall–Kier alpha value is -2.28. The van der Waals surface area contributed by atoms with Crippen molar-refractivity contribution in [3.05, 3.63) is 23.8 Å². The Morgan fingerprint density at radius 3 is 2.61 bits per heavy atom. The lowest BCUT2D eigenvalue weighted by Gasteiger charge is -2.37. The van der Waals surface area contributed by atoms with Crippen molar-refractivity contribution >= 4 is 17.5 Å². The Morgan fingerprint density at radius 2 is 1.96 bits per heavy atom. The number of amides is 2. The van der Waals surface area contributed by atoms with Gasteiger partial charge in [-0.2, -0.15) is 0 Å². The zero-order valence-electron chi connectivity index (χ0n) is 17.3. The lowest BCUT2D eigenvalue weighted by molar-refractivity contribution is -0.133. The van der Waals surface area contributed by atoms with E-state index in [2.05, 4.69) is 4.90 Å². The molecule has 2 heterocycles. The average Bonchev–Trinajstić information content (AvgIpc) is 2.70. The molecule has 0 N–H and O–H groups in total. The molecule has 3 rings (SSSR count). The summed E-state index contributed by atoms with van der Waals surface area (Å²) in [6.07, 6.45) is 0.392. The molecule has 154 valence electrons. The first-order valence-electron chi connectivity index (χ1n) is 10.1. The van der Waals surface area contributed by atoms with Crippen LogP contribution in [0.4, 0.5) is 5.69 Å². The fourth-order valence-corrected chi connectivity index (χ4v) is 3.84. The van der Waals surface area contributed by atoms with Gasteiger partial charge in [0.1, 0.15) is 12.4 Å². The van der Waals surface area contributed by atoms with Crippen molar-refractivity contribution in [3.63, 3.8) is 0 Å². The van der Waals surface area contributed by atoms with E-state index in [0.29, 0.717) is 51.4 Å². The lowest BCUT2D eigenvalue weighted by Crippen LogP contribution is -2.46. The number of hydrogen-bond acceptors (Lipinski definition) is 5. The zero-order valence-corrected chi connectivity index (χ0v) is 17.3. The smallest absolute Gasteiger partial charge is 0.254 e. The second-order valence-electron chi connectivity index (χ2n) is 7.64. The third-order valence-corrected chi connectivity index (χ3v) is 5.56. The molecule has 2 amide bonds. The molecule has 1 aromatic carbocycles. The minimum atomic E-state index is -0.0541. The van der Waals surface area contributed by atoms with Crippen LogP contribution in [0.25, 0.3) is 0 Å². The van der Waals surface area contributed by atoms with Crippen LogP contribution in [0, 0.1) is 0 Å². The number of benzene rings is 1. The summed E-state index contributed by atoms with van der Waals surface area (Å²) in [5.41, 5.74) is 1.50. The summed E-state index contributed by atoms with van der Waals surface area (Å²) in [5.74, 6) is 0.887. The molecule has 7 heteroatoms. The molecule has 0 saturated carbocycles. The quantitative estimate of drug-likeness (QED) is 0.771. The summed E-state index contributed by atoms with van der Waals surface area (Å²) >= 11 is 0. The first-order valence-corrected chi connectivity index (χ1v) is 10.1. The molecule has 1 aromatic rings. The third kappa shape index (κ3) is 4.24. The number of fused-ring (bicyclic) bond motifs is 1. The van der Waals surface area contributed by atoms with Crippen LogP contribution in [-0.2, 0) is 9.53 Å². The largest absolute Gasteiger partial charge is 0.489 e. The highest BCUT2D eigenvalue weighted by Crippen LogP contribution is 2.35. The molecule has 7 nitrogen and oxygen atoms in total. The van der Waals surface area contributed by atoms with Crippen molar-refractivity contribution in [1.82, 2.24) is 9.80 Å². The molecule has 1 fully saturated rings. The maximum absolute atomic E-state index is 12.8. The Bertz CT molecular complexity index is 716. The Labute approximate surface area is 167 Å². The van der Waals surface area contributed by atoms with Crippen LogP contribution >= 0.6 is 0 Å². The molecule has 2 aliphatic rings. The molecule has 28 heavy (non-hydrogen) atoms. The van der Waals surface area contributed by atoms with E-state index in [1.165, 1.54) is 0 Å². The van der Waals surface area contributed by atoms with E-state index in [9.17, 15) is 9.59 Å². The van der Waals surface area contributed by atoms with Gasteiger partial charge in [-0.25, -0.2) is 0 Å². The summed E-state index contributed by atoms with van der Waals surface area (Å²) in [5, 5.41) is 0. The monoisotopic (exact) mass is 389 g/mol. The zero-order chi connectivity index (χ0) is 20.3. The van der Waals surface area contributed by atoms with E-state index in [-0.39, 0.29) is 23.9 Å². The van der Waals surface area contributed by atoms with Crippen LogP contribution in [0.1, 0.15) is 37.6 Å². The topological polar surface area (TPSA) is 62.3 Å². The minimum Gasteiger partial charge on any atom is -0.489 e. The van der Waals surface area contributed by atoms with E-state index in [0.717, 1.165) is 11.4 Å². The van der Waals surface area contributed by atoms with Crippen LogP contribution in [0.5, 0.6) is 5.75 Å². The number of carbonyl (C=O) groups excluding carboxylic acids is 2. The average molecular weight is 389 g/mol. The first-order chi connectivity index (χ1) is 13.4. The molecule has 0 aromatic heterocycles. The highest BCUT2D eigenvalue weighted by molar-refractivity contribution is 5.96. The number of hydrogen-bond donors (Lipinski definition) is 0. The van der Waals surface area contributed by atoms with Gasteiger partial charge in [-0.1, -0.05) is 0 Å². The number of anilines is 1. The molecule has 1 saturated heterocycles. The number of morpholine rings is 1. The third-order valence-electron chi connectivity index (χ3n) is 5.56. The molecule has 2 aliphatic heterocycles. The van der Waals surface area contributed by atoms with E-state index < -0.39 is 0 Å². The van der Waals surface area contributed by atoms with Gasteiger partial charge in [-0.05, 0) is 39.0 Å². The van der Waals surface area contributed by atoms with Gasteiger partial charge in [0.05, 0.1) is 31.4 Å². The molecule has 1 unspecified atom stereocenters. The number of carbonyl (C=O) groups is 2. The van der Waals surface area contributed by atoms with E-state index in [4.69, 9.17) is 9.47 Å². The number of nitrogens with zero attached hydrogens (tertiary/aromatic N) is 3. The van der Waals surface area contributed by atoms with Crippen LogP contribution in [-0.4, -0.2) is 80.2 Å². The van der Waals surface area contributed by atoms with Gasteiger partial charge < -0.3 is 24.2 Å².